The zero-order valence-corrected chi connectivity index (χ0v) is 15.0. The van der Waals surface area contributed by atoms with Gasteiger partial charge in [-0.05, 0) is 36.2 Å². The van der Waals surface area contributed by atoms with Gasteiger partial charge < -0.3 is 10.2 Å². The molecule has 6 nitrogen and oxygen atoms in total. The summed E-state index contributed by atoms with van der Waals surface area (Å²) in [5.41, 5.74) is 1.87. The van der Waals surface area contributed by atoms with Crippen LogP contribution in [-0.2, 0) is 6.42 Å². The van der Waals surface area contributed by atoms with Crippen molar-refractivity contribution < 1.29 is 0 Å². The first kappa shape index (κ1) is 17.4. The summed E-state index contributed by atoms with van der Waals surface area (Å²) in [5, 5.41) is 12.1. The highest BCUT2D eigenvalue weighted by Gasteiger charge is 2.09. The molecule has 3 aromatic rings. The third-order valence-corrected chi connectivity index (χ3v) is 4.41. The Bertz CT molecular complexity index is 844. The van der Waals surface area contributed by atoms with Gasteiger partial charge in [-0.15, -0.1) is 5.10 Å². The van der Waals surface area contributed by atoms with E-state index in [0.717, 1.165) is 13.0 Å². The van der Waals surface area contributed by atoms with Crippen LogP contribution >= 0.6 is 23.2 Å². The third kappa shape index (κ3) is 4.55. The highest BCUT2D eigenvalue weighted by atomic mass is 35.5. The first-order valence-corrected chi connectivity index (χ1v) is 8.40. The lowest BCUT2D eigenvalue weighted by molar-refractivity contribution is 0.812. The molecule has 128 valence electrons. The molecule has 0 saturated carbocycles. The van der Waals surface area contributed by atoms with Crippen molar-refractivity contribution in [3.05, 3.63) is 64.5 Å². The van der Waals surface area contributed by atoms with Crippen LogP contribution < -0.4 is 10.2 Å². The van der Waals surface area contributed by atoms with Crippen molar-refractivity contribution in [2.24, 2.45) is 0 Å². The van der Waals surface area contributed by atoms with Crippen molar-refractivity contribution in [1.82, 2.24) is 20.2 Å². The van der Waals surface area contributed by atoms with Crippen molar-refractivity contribution in [2.45, 2.75) is 6.42 Å². The summed E-state index contributed by atoms with van der Waals surface area (Å²) < 4.78 is 0. The van der Waals surface area contributed by atoms with Crippen LogP contribution in [0.3, 0.4) is 0 Å². The number of pyridine rings is 1. The van der Waals surface area contributed by atoms with Crippen LogP contribution in [0, 0.1) is 0 Å². The molecule has 1 N–H and O–H groups in total. The molecule has 8 heteroatoms. The Morgan fingerprint density at radius 3 is 2.72 bits per heavy atom. The number of anilines is 3. The molecular weight excluding hydrogens is 359 g/mol. The summed E-state index contributed by atoms with van der Waals surface area (Å²) >= 11 is 12.2. The fourth-order valence-electron chi connectivity index (χ4n) is 2.20. The molecule has 0 aliphatic carbocycles. The number of benzene rings is 1. The lowest BCUT2D eigenvalue weighted by atomic mass is 10.2. The quantitative estimate of drug-likeness (QED) is 0.703. The van der Waals surface area contributed by atoms with Crippen LogP contribution in [0.25, 0.3) is 0 Å². The van der Waals surface area contributed by atoms with Crippen LogP contribution in [0.4, 0.5) is 17.5 Å². The number of nitrogens with one attached hydrogen (secondary N) is 1. The van der Waals surface area contributed by atoms with Crippen LogP contribution in [0.15, 0.2) is 48.9 Å². The molecule has 0 aliphatic heterocycles. The molecule has 0 fully saturated rings. The predicted molar refractivity (Wildman–Crippen MR) is 101 cm³/mol. The summed E-state index contributed by atoms with van der Waals surface area (Å²) in [6.07, 6.45) is 5.97. The Hall–Kier alpha value is -2.44. The maximum absolute atomic E-state index is 6.19. The molecular formula is C17H16Cl2N6. The highest BCUT2D eigenvalue weighted by molar-refractivity contribution is 6.43. The molecule has 0 bridgehead atoms. The predicted octanol–water partition coefficient (Wildman–Crippen LogP) is 4.00. The van der Waals surface area contributed by atoms with Crippen LogP contribution in [0.1, 0.15) is 5.56 Å². The van der Waals surface area contributed by atoms with Crippen LogP contribution in [-0.4, -0.2) is 33.8 Å². The smallest absolute Gasteiger partial charge is 0.247 e. The maximum Gasteiger partial charge on any atom is 0.247 e. The van der Waals surface area contributed by atoms with Gasteiger partial charge in [-0.2, -0.15) is 10.1 Å². The Labute approximate surface area is 155 Å². The molecule has 0 unspecified atom stereocenters. The van der Waals surface area contributed by atoms with Crippen molar-refractivity contribution in [3.8, 4) is 0 Å². The second kappa shape index (κ2) is 8.09. The minimum Gasteiger partial charge on any atom is -0.342 e. The minimum absolute atomic E-state index is 0.440. The number of hydrogen-bond acceptors (Lipinski definition) is 6. The molecule has 0 saturated heterocycles. The van der Waals surface area contributed by atoms with Gasteiger partial charge in [-0.3, -0.25) is 4.98 Å². The standard InChI is InChI=1S/C17H16Cl2N6/c1-25(10-7-12-5-8-20-9-6-12)17-23-15(11-21-24-17)22-14-4-2-3-13(18)16(14)19/h2-6,8-9,11H,7,10H2,1H3,(H,22,23,24). The van der Waals surface area contributed by atoms with Gasteiger partial charge in [0.15, 0.2) is 5.82 Å². The van der Waals surface area contributed by atoms with E-state index in [1.165, 1.54) is 11.8 Å². The van der Waals surface area contributed by atoms with E-state index in [-0.39, 0.29) is 0 Å². The van der Waals surface area contributed by atoms with Gasteiger partial charge in [0.1, 0.15) is 0 Å². The fourth-order valence-corrected chi connectivity index (χ4v) is 2.55. The van der Waals surface area contributed by atoms with Gasteiger partial charge in [0.25, 0.3) is 0 Å². The molecule has 25 heavy (non-hydrogen) atoms. The monoisotopic (exact) mass is 374 g/mol. The summed E-state index contributed by atoms with van der Waals surface area (Å²) in [7, 11) is 1.92. The zero-order chi connectivity index (χ0) is 17.6. The molecule has 0 amide bonds. The maximum atomic E-state index is 6.19. The van der Waals surface area contributed by atoms with Crippen LogP contribution in [0.5, 0.6) is 0 Å². The molecule has 0 atom stereocenters. The Morgan fingerprint density at radius 1 is 1.12 bits per heavy atom. The summed E-state index contributed by atoms with van der Waals surface area (Å²) in [5.74, 6) is 1.07. The normalized spacial score (nSPS) is 10.5. The number of aromatic nitrogens is 4. The first-order chi connectivity index (χ1) is 12.1. The van der Waals surface area contributed by atoms with E-state index in [9.17, 15) is 0 Å². The lowest BCUT2D eigenvalue weighted by Crippen LogP contribution is -2.23. The SMILES string of the molecule is CN(CCc1ccncc1)c1nncc(Nc2cccc(Cl)c2Cl)n1. The second-order valence-electron chi connectivity index (χ2n) is 5.40. The largest absolute Gasteiger partial charge is 0.342 e. The molecule has 2 heterocycles. The minimum atomic E-state index is 0.440. The summed E-state index contributed by atoms with van der Waals surface area (Å²) in [6, 6.07) is 9.35. The summed E-state index contributed by atoms with van der Waals surface area (Å²) in [6.45, 7) is 0.757. The van der Waals surface area contributed by atoms with Gasteiger partial charge in [-0.25, -0.2) is 0 Å². The van der Waals surface area contributed by atoms with Crippen molar-refractivity contribution in [3.63, 3.8) is 0 Å². The molecule has 0 aliphatic rings. The van der Waals surface area contributed by atoms with Crippen molar-refractivity contribution in [2.75, 3.05) is 23.8 Å². The van der Waals surface area contributed by atoms with Gasteiger partial charge in [0, 0.05) is 26.0 Å². The van der Waals surface area contributed by atoms with Crippen molar-refractivity contribution in [1.29, 1.82) is 0 Å². The third-order valence-electron chi connectivity index (χ3n) is 3.59. The van der Waals surface area contributed by atoms with Gasteiger partial charge in [-0.1, -0.05) is 29.3 Å². The van der Waals surface area contributed by atoms with Gasteiger partial charge >= 0.3 is 0 Å². The van der Waals surface area contributed by atoms with E-state index in [1.807, 2.05) is 36.2 Å². The van der Waals surface area contributed by atoms with E-state index >= 15 is 0 Å². The summed E-state index contributed by atoms with van der Waals surface area (Å²) in [4.78, 5) is 10.4. The molecule has 2 aromatic heterocycles. The molecule has 0 spiro atoms. The van der Waals surface area contributed by atoms with Gasteiger partial charge in [0.2, 0.25) is 5.95 Å². The fraction of sp³-hybridized carbons (Fsp3) is 0.176. The molecule has 3 rings (SSSR count). The van der Waals surface area contributed by atoms with Crippen LogP contribution in [0.2, 0.25) is 10.0 Å². The average Bonchev–Trinajstić information content (AvgIpc) is 2.64. The zero-order valence-electron chi connectivity index (χ0n) is 13.5. The average molecular weight is 375 g/mol. The Balaban J connectivity index is 1.69. The Kier molecular flexibility index (Phi) is 5.63. The number of hydrogen-bond donors (Lipinski definition) is 1. The molecule has 1 aromatic carbocycles. The second-order valence-corrected chi connectivity index (χ2v) is 6.18. The number of rotatable bonds is 6. The lowest BCUT2D eigenvalue weighted by Gasteiger charge is -2.17. The highest BCUT2D eigenvalue weighted by Crippen LogP contribution is 2.31. The number of likely N-dealkylation sites (N-methyl/N-ethyl adjacent to an activating group) is 1. The first-order valence-electron chi connectivity index (χ1n) is 7.64. The molecule has 0 radical (unpaired) electrons. The Morgan fingerprint density at radius 2 is 1.92 bits per heavy atom. The topological polar surface area (TPSA) is 66.8 Å². The van der Waals surface area contributed by atoms with Crippen molar-refractivity contribution >= 4 is 40.7 Å². The van der Waals surface area contributed by atoms with E-state index in [0.29, 0.717) is 27.5 Å². The van der Waals surface area contributed by atoms with Gasteiger partial charge in [0.05, 0.1) is 21.9 Å². The van der Waals surface area contributed by atoms with E-state index < -0.39 is 0 Å². The number of halogens is 2. The van der Waals surface area contributed by atoms with E-state index in [2.05, 4.69) is 25.5 Å². The van der Waals surface area contributed by atoms with E-state index in [1.54, 1.807) is 18.5 Å². The number of nitrogens with zero attached hydrogens (tertiary/aromatic N) is 5. The van der Waals surface area contributed by atoms with E-state index in [4.69, 9.17) is 23.2 Å².